The molecule has 0 unspecified atom stereocenters. The summed E-state index contributed by atoms with van der Waals surface area (Å²) in [6.45, 7) is 7.92. The fourth-order valence-electron chi connectivity index (χ4n) is 6.15. The highest BCUT2D eigenvalue weighted by Gasteiger charge is 2.12. The number of phenolic OH excluding ortho intramolecular Hbond substituents is 2. The van der Waals surface area contributed by atoms with Crippen molar-refractivity contribution >= 4 is 24.4 Å². The van der Waals surface area contributed by atoms with Gasteiger partial charge in [0.05, 0.1) is 37.6 Å². The van der Waals surface area contributed by atoms with Gasteiger partial charge in [-0.2, -0.15) is 0 Å². The standard InChI is InChI=1S/C50H64N2O10/c1-3-5-7-9-11-13-27-51-37-41-19-25-45(35-47(41)53)61-49(55)39-15-21-43(22-16-39)59-33-31-57-29-30-58-32-34-60-44-23-17-40(18-24-44)50(56)62-46-26-20-42(48(54)36-46)38-52-28-14-12-10-8-6-4-2/h15-26,35-38,53-54H,3-14,27-34H2,1-2H3. The Morgan fingerprint density at radius 2 is 0.823 bits per heavy atom. The molecule has 12 nitrogen and oxygen atoms in total. The van der Waals surface area contributed by atoms with Gasteiger partial charge in [0.1, 0.15) is 47.7 Å². The fraction of sp³-hybridized carbons (Fsp3) is 0.440. The van der Waals surface area contributed by atoms with Crippen LogP contribution in [0.1, 0.15) is 123 Å². The molecule has 0 fully saturated rings. The van der Waals surface area contributed by atoms with E-state index in [9.17, 15) is 19.8 Å². The number of esters is 2. The Kier molecular flexibility index (Phi) is 23.3. The van der Waals surface area contributed by atoms with Gasteiger partial charge in [-0.15, -0.1) is 0 Å². The highest BCUT2D eigenvalue weighted by Crippen LogP contribution is 2.25. The van der Waals surface area contributed by atoms with E-state index in [0.29, 0.717) is 86.5 Å². The first-order chi connectivity index (χ1) is 30.4. The number of carbonyl (C=O) groups is 2. The Morgan fingerprint density at radius 1 is 0.468 bits per heavy atom. The Bertz CT molecular complexity index is 1810. The molecule has 0 aliphatic carbocycles. The number of aliphatic imine (C=N–C) groups is 2. The average Bonchev–Trinajstić information content (AvgIpc) is 3.27. The van der Waals surface area contributed by atoms with Crippen LogP contribution in [0.15, 0.2) is 94.9 Å². The van der Waals surface area contributed by atoms with Crippen LogP contribution >= 0.6 is 0 Å². The third-order valence-corrected chi connectivity index (χ3v) is 9.71. The van der Waals surface area contributed by atoms with E-state index in [1.807, 2.05) is 0 Å². The lowest BCUT2D eigenvalue weighted by Crippen LogP contribution is -2.13. The van der Waals surface area contributed by atoms with Gasteiger partial charge in [-0.1, -0.05) is 78.1 Å². The van der Waals surface area contributed by atoms with E-state index in [4.69, 9.17) is 28.4 Å². The van der Waals surface area contributed by atoms with Crippen LogP contribution in [-0.2, 0) is 9.47 Å². The van der Waals surface area contributed by atoms with E-state index in [2.05, 4.69) is 23.8 Å². The van der Waals surface area contributed by atoms with Crippen LogP contribution in [0.5, 0.6) is 34.5 Å². The van der Waals surface area contributed by atoms with Crippen molar-refractivity contribution in [3.05, 3.63) is 107 Å². The summed E-state index contributed by atoms with van der Waals surface area (Å²) in [5, 5.41) is 20.8. The van der Waals surface area contributed by atoms with Crippen LogP contribution in [0.2, 0.25) is 0 Å². The van der Waals surface area contributed by atoms with Crippen molar-refractivity contribution in [2.75, 3.05) is 52.7 Å². The second-order valence-electron chi connectivity index (χ2n) is 14.8. The average molecular weight is 853 g/mol. The molecule has 4 aromatic rings. The molecule has 0 saturated carbocycles. The van der Waals surface area contributed by atoms with Crippen LogP contribution in [0, 0.1) is 0 Å². The molecule has 4 rings (SSSR count). The largest absolute Gasteiger partial charge is 0.507 e. The van der Waals surface area contributed by atoms with E-state index in [1.165, 1.54) is 63.5 Å². The second-order valence-corrected chi connectivity index (χ2v) is 14.8. The van der Waals surface area contributed by atoms with E-state index in [1.54, 1.807) is 85.2 Å². The highest BCUT2D eigenvalue weighted by molar-refractivity contribution is 5.92. The molecule has 0 aliphatic rings. The number of aromatic hydroxyl groups is 2. The lowest BCUT2D eigenvalue weighted by Gasteiger charge is -2.10. The van der Waals surface area contributed by atoms with E-state index < -0.39 is 11.9 Å². The van der Waals surface area contributed by atoms with Crippen molar-refractivity contribution in [3.63, 3.8) is 0 Å². The summed E-state index contributed by atoms with van der Waals surface area (Å²) in [6, 6.07) is 22.6. The maximum atomic E-state index is 12.7. The van der Waals surface area contributed by atoms with Gasteiger partial charge in [0, 0.05) is 48.8 Å². The molecule has 62 heavy (non-hydrogen) atoms. The lowest BCUT2D eigenvalue weighted by molar-refractivity contribution is 0.0273. The number of ether oxygens (including phenoxy) is 6. The van der Waals surface area contributed by atoms with Gasteiger partial charge in [-0.3, -0.25) is 9.98 Å². The minimum atomic E-state index is -0.551. The van der Waals surface area contributed by atoms with Crippen LogP contribution in [0.25, 0.3) is 0 Å². The predicted octanol–water partition coefficient (Wildman–Crippen LogP) is 10.6. The molecule has 0 amide bonds. The van der Waals surface area contributed by atoms with Gasteiger partial charge in [0.2, 0.25) is 0 Å². The second kappa shape index (κ2) is 29.5. The maximum absolute atomic E-state index is 12.7. The first-order valence-corrected chi connectivity index (χ1v) is 22.1. The predicted molar refractivity (Wildman–Crippen MR) is 243 cm³/mol. The number of unbranched alkanes of at least 4 members (excludes halogenated alkanes) is 10. The van der Waals surface area contributed by atoms with Crippen molar-refractivity contribution in [2.45, 2.75) is 90.9 Å². The molecule has 0 atom stereocenters. The number of hydrogen-bond acceptors (Lipinski definition) is 12. The summed E-state index contributed by atoms with van der Waals surface area (Å²) in [5.74, 6) is 0.529. The van der Waals surface area contributed by atoms with Crippen molar-refractivity contribution in [1.82, 2.24) is 0 Å². The first-order valence-electron chi connectivity index (χ1n) is 22.1. The number of rotatable bonds is 31. The van der Waals surface area contributed by atoms with Gasteiger partial charge < -0.3 is 38.6 Å². The molecule has 0 saturated heterocycles. The number of carbonyl (C=O) groups excluding carboxylic acids is 2. The molecule has 0 aliphatic heterocycles. The zero-order valence-corrected chi connectivity index (χ0v) is 36.4. The van der Waals surface area contributed by atoms with Crippen molar-refractivity contribution in [2.24, 2.45) is 9.98 Å². The zero-order valence-electron chi connectivity index (χ0n) is 36.4. The minimum Gasteiger partial charge on any atom is -0.507 e. The molecule has 0 aromatic heterocycles. The minimum absolute atomic E-state index is 0.00297. The third-order valence-electron chi connectivity index (χ3n) is 9.71. The summed E-state index contributed by atoms with van der Waals surface area (Å²) in [7, 11) is 0. The Hall–Kier alpha value is -5.72. The third kappa shape index (κ3) is 19.3. The Morgan fingerprint density at radius 3 is 1.21 bits per heavy atom. The van der Waals surface area contributed by atoms with E-state index >= 15 is 0 Å². The molecule has 0 heterocycles. The van der Waals surface area contributed by atoms with Crippen molar-refractivity contribution < 1.29 is 48.2 Å². The van der Waals surface area contributed by atoms with Crippen LogP contribution in [0.4, 0.5) is 0 Å². The Labute approximate surface area is 366 Å². The monoisotopic (exact) mass is 852 g/mol. The van der Waals surface area contributed by atoms with Gasteiger partial charge in [-0.05, 0) is 85.6 Å². The molecule has 12 heteroatoms. The molecule has 2 N–H and O–H groups in total. The first kappa shape index (κ1) is 48.9. The fourth-order valence-corrected chi connectivity index (χ4v) is 6.15. The maximum Gasteiger partial charge on any atom is 0.343 e. The van der Waals surface area contributed by atoms with Gasteiger partial charge in [-0.25, -0.2) is 9.59 Å². The SMILES string of the molecule is CCCCCCCCN=Cc1ccc(OC(=O)c2ccc(OCCOCCOCCOc3ccc(C(=O)Oc4ccc(C=NCCCCCCCC)c(O)c4)cc3)cc2)cc1O. The lowest BCUT2D eigenvalue weighted by atomic mass is 10.1. The molecule has 0 radical (unpaired) electrons. The molecule has 4 aromatic carbocycles. The number of nitrogens with zero attached hydrogens (tertiary/aromatic N) is 2. The number of hydrogen-bond donors (Lipinski definition) is 2. The summed E-state index contributed by atoms with van der Waals surface area (Å²) >= 11 is 0. The van der Waals surface area contributed by atoms with E-state index in [0.717, 1.165) is 25.7 Å². The van der Waals surface area contributed by atoms with Gasteiger partial charge in [0.25, 0.3) is 0 Å². The smallest absolute Gasteiger partial charge is 0.343 e. The van der Waals surface area contributed by atoms with Crippen LogP contribution in [-0.4, -0.2) is 87.3 Å². The van der Waals surface area contributed by atoms with Crippen LogP contribution in [0.3, 0.4) is 0 Å². The Balaban J connectivity index is 1.02. The number of benzene rings is 4. The van der Waals surface area contributed by atoms with Gasteiger partial charge >= 0.3 is 11.9 Å². The zero-order chi connectivity index (χ0) is 44.0. The van der Waals surface area contributed by atoms with E-state index in [-0.39, 0.29) is 23.0 Å². The normalized spacial score (nSPS) is 11.3. The molecule has 0 spiro atoms. The van der Waals surface area contributed by atoms with Crippen molar-refractivity contribution in [3.8, 4) is 34.5 Å². The van der Waals surface area contributed by atoms with Crippen molar-refractivity contribution in [1.29, 1.82) is 0 Å². The summed E-state index contributed by atoms with van der Waals surface area (Å²) in [6.07, 6.45) is 17.6. The molecule has 0 bridgehead atoms. The summed E-state index contributed by atoms with van der Waals surface area (Å²) < 4.78 is 33.5. The highest BCUT2D eigenvalue weighted by atomic mass is 16.6. The van der Waals surface area contributed by atoms with Gasteiger partial charge in [0.15, 0.2) is 0 Å². The molecule has 334 valence electrons. The summed E-state index contributed by atoms with van der Waals surface area (Å²) in [5.41, 5.74) is 1.83. The summed E-state index contributed by atoms with van der Waals surface area (Å²) in [4.78, 5) is 34.2. The topological polar surface area (TPSA) is 155 Å². The molecular weight excluding hydrogens is 789 g/mol. The molecular formula is C50H64N2O10. The van der Waals surface area contributed by atoms with Crippen LogP contribution < -0.4 is 18.9 Å². The number of phenols is 2. The quantitative estimate of drug-likeness (QED) is 0.0216.